The maximum absolute atomic E-state index is 13.9. The van der Waals surface area contributed by atoms with Crippen LogP contribution < -0.4 is 14.4 Å². The molecule has 11 heteroatoms. The highest BCUT2D eigenvalue weighted by Crippen LogP contribution is 2.30. The van der Waals surface area contributed by atoms with Crippen molar-refractivity contribution >= 4 is 50.7 Å². The van der Waals surface area contributed by atoms with Gasteiger partial charge in [0.25, 0.3) is 0 Å². The van der Waals surface area contributed by atoms with Crippen LogP contribution in [0.5, 0.6) is 5.75 Å². The molecule has 0 saturated heterocycles. The van der Waals surface area contributed by atoms with Crippen LogP contribution in [0.3, 0.4) is 0 Å². The maximum atomic E-state index is 13.9. The van der Waals surface area contributed by atoms with Gasteiger partial charge in [-0.1, -0.05) is 72.6 Å². The Hall–Kier alpha value is -3.27. The summed E-state index contributed by atoms with van der Waals surface area (Å²) in [4.78, 5) is 28.9. The fourth-order valence-corrected chi connectivity index (χ4v) is 5.99. The Bertz CT molecular complexity index is 1450. The van der Waals surface area contributed by atoms with Crippen molar-refractivity contribution in [3.63, 3.8) is 0 Å². The number of hydrogen-bond acceptors (Lipinski definition) is 5. The molecule has 1 N–H and O–H groups in total. The molecule has 1 unspecified atom stereocenters. The Kier molecular flexibility index (Phi) is 12.5. The maximum Gasteiger partial charge on any atom is 0.243 e. The first-order valence-corrected chi connectivity index (χ1v) is 16.3. The number of halogens is 2. The molecule has 1 atom stereocenters. The topological polar surface area (TPSA) is 96.0 Å². The van der Waals surface area contributed by atoms with Crippen LogP contribution in [0, 0.1) is 0 Å². The summed E-state index contributed by atoms with van der Waals surface area (Å²) in [6.45, 7) is 2.66. The van der Waals surface area contributed by atoms with Crippen molar-refractivity contribution in [1.82, 2.24) is 10.2 Å². The molecule has 0 bridgehead atoms. The third kappa shape index (κ3) is 9.64. The van der Waals surface area contributed by atoms with E-state index in [2.05, 4.69) is 5.32 Å². The van der Waals surface area contributed by atoms with E-state index in [4.69, 9.17) is 27.9 Å². The zero-order valence-electron chi connectivity index (χ0n) is 24.1. The number of carbonyl (C=O) groups excluding carboxylic acids is 2. The van der Waals surface area contributed by atoms with Crippen LogP contribution in [0.2, 0.25) is 10.0 Å². The smallest absolute Gasteiger partial charge is 0.243 e. The van der Waals surface area contributed by atoms with E-state index in [-0.39, 0.29) is 42.8 Å². The number of rotatable bonds is 15. The second kappa shape index (κ2) is 15.8. The molecule has 0 aliphatic rings. The molecule has 0 aromatic heterocycles. The van der Waals surface area contributed by atoms with Gasteiger partial charge < -0.3 is 15.0 Å². The van der Waals surface area contributed by atoms with Gasteiger partial charge >= 0.3 is 0 Å². The quantitative estimate of drug-likeness (QED) is 0.231. The summed E-state index contributed by atoms with van der Waals surface area (Å²) in [6, 6.07) is 20.6. The lowest BCUT2D eigenvalue weighted by Gasteiger charge is -2.32. The average molecular weight is 635 g/mol. The summed E-state index contributed by atoms with van der Waals surface area (Å²) in [5.74, 6) is -0.100. The van der Waals surface area contributed by atoms with Crippen molar-refractivity contribution in [2.75, 3.05) is 30.8 Å². The summed E-state index contributed by atoms with van der Waals surface area (Å²) in [7, 11) is -2.20. The number of nitrogens with one attached hydrogen (secondary N) is 1. The van der Waals surface area contributed by atoms with Crippen LogP contribution in [0.1, 0.15) is 37.3 Å². The molecule has 0 spiro atoms. The van der Waals surface area contributed by atoms with Gasteiger partial charge in [-0.15, -0.1) is 0 Å². The van der Waals surface area contributed by atoms with Gasteiger partial charge in [0.15, 0.2) is 0 Å². The fraction of sp³-hybridized carbons (Fsp3) is 0.355. The monoisotopic (exact) mass is 633 g/mol. The van der Waals surface area contributed by atoms with Gasteiger partial charge in [-0.3, -0.25) is 13.9 Å². The van der Waals surface area contributed by atoms with Crippen molar-refractivity contribution in [2.45, 2.75) is 45.2 Å². The molecule has 0 aliphatic heterocycles. The molecule has 0 heterocycles. The van der Waals surface area contributed by atoms with E-state index in [0.717, 1.165) is 23.8 Å². The lowest BCUT2D eigenvalue weighted by molar-refractivity contribution is -0.141. The summed E-state index contributed by atoms with van der Waals surface area (Å²) in [5, 5.41) is 3.74. The van der Waals surface area contributed by atoms with E-state index in [0.29, 0.717) is 29.4 Å². The minimum atomic E-state index is -3.68. The molecular weight excluding hydrogens is 597 g/mol. The van der Waals surface area contributed by atoms with Gasteiger partial charge in [-0.2, -0.15) is 0 Å². The standard InChI is InChI=1S/C31H37Cl2N3O5S/c1-4-17-34-31(38)28(20-23-10-6-5-7-11-23)35(22-24-12-8-13-25(32)19-24)30(37)14-9-18-36(42(3,39)40)26-15-16-29(41-2)27(33)21-26/h5-8,10-13,15-16,19,21,28H,4,9,14,17-18,20,22H2,1-3H3,(H,34,38). The molecule has 3 rings (SSSR count). The number of anilines is 1. The fourth-order valence-electron chi connectivity index (χ4n) is 4.57. The highest BCUT2D eigenvalue weighted by Gasteiger charge is 2.30. The van der Waals surface area contributed by atoms with E-state index >= 15 is 0 Å². The summed E-state index contributed by atoms with van der Waals surface area (Å²) >= 11 is 12.5. The SMILES string of the molecule is CCCNC(=O)C(Cc1ccccc1)N(Cc1cccc(Cl)c1)C(=O)CCCN(c1ccc(OC)c(Cl)c1)S(C)(=O)=O. The first-order valence-electron chi connectivity index (χ1n) is 13.7. The van der Waals surface area contributed by atoms with E-state index in [1.54, 1.807) is 35.2 Å². The van der Waals surface area contributed by atoms with Crippen LogP contribution >= 0.6 is 23.2 Å². The molecule has 2 amide bonds. The zero-order valence-corrected chi connectivity index (χ0v) is 26.4. The lowest BCUT2D eigenvalue weighted by Crippen LogP contribution is -2.50. The van der Waals surface area contributed by atoms with Crippen LogP contribution in [-0.4, -0.2) is 57.6 Å². The van der Waals surface area contributed by atoms with E-state index in [1.165, 1.54) is 17.5 Å². The first-order chi connectivity index (χ1) is 20.0. The van der Waals surface area contributed by atoms with Crippen molar-refractivity contribution in [1.29, 1.82) is 0 Å². The molecule has 0 fully saturated rings. The highest BCUT2D eigenvalue weighted by atomic mass is 35.5. The number of amides is 2. The van der Waals surface area contributed by atoms with Gasteiger partial charge in [0.1, 0.15) is 11.8 Å². The second-order valence-corrected chi connectivity index (χ2v) is 12.7. The Balaban J connectivity index is 1.87. The number of nitrogens with zero attached hydrogens (tertiary/aromatic N) is 2. The summed E-state index contributed by atoms with van der Waals surface area (Å²) in [5.41, 5.74) is 2.06. The van der Waals surface area contributed by atoms with Gasteiger partial charge in [0.2, 0.25) is 21.8 Å². The predicted molar refractivity (Wildman–Crippen MR) is 169 cm³/mol. The van der Waals surface area contributed by atoms with Crippen molar-refractivity contribution < 1.29 is 22.7 Å². The van der Waals surface area contributed by atoms with E-state index in [1.807, 2.05) is 43.3 Å². The van der Waals surface area contributed by atoms with Crippen LogP contribution in [0.15, 0.2) is 72.8 Å². The largest absolute Gasteiger partial charge is 0.495 e. The first kappa shape index (κ1) is 33.2. The van der Waals surface area contributed by atoms with Gasteiger partial charge in [-0.25, -0.2) is 8.42 Å². The van der Waals surface area contributed by atoms with Crippen molar-refractivity contribution in [2.24, 2.45) is 0 Å². The van der Waals surface area contributed by atoms with Crippen LogP contribution in [0.4, 0.5) is 5.69 Å². The summed E-state index contributed by atoms with van der Waals surface area (Å²) < 4.78 is 31.7. The Morgan fingerprint density at radius 2 is 1.69 bits per heavy atom. The summed E-state index contributed by atoms with van der Waals surface area (Å²) in [6.07, 6.45) is 2.41. The van der Waals surface area contributed by atoms with Crippen LogP contribution in [-0.2, 0) is 32.6 Å². The number of ether oxygens (including phenoxy) is 1. The number of sulfonamides is 1. The third-order valence-corrected chi connectivity index (χ3v) is 8.36. The third-order valence-electron chi connectivity index (χ3n) is 6.64. The van der Waals surface area contributed by atoms with E-state index in [9.17, 15) is 18.0 Å². The molecular formula is C31H37Cl2N3O5S. The van der Waals surface area contributed by atoms with Crippen LogP contribution in [0.25, 0.3) is 0 Å². The van der Waals surface area contributed by atoms with E-state index < -0.39 is 16.1 Å². The van der Waals surface area contributed by atoms with Gasteiger partial charge in [0.05, 0.1) is 24.1 Å². The second-order valence-electron chi connectivity index (χ2n) is 9.91. The molecule has 226 valence electrons. The Morgan fingerprint density at radius 3 is 2.31 bits per heavy atom. The van der Waals surface area contributed by atoms with Gasteiger partial charge in [0, 0.05) is 37.5 Å². The lowest BCUT2D eigenvalue weighted by atomic mass is 10.0. The molecule has 0 saturated carbocycles. The zero-order chi connectivity index (χ0) is 30.7. The minimum absolute atomic E-state index is 0.0167. The number of hydrogen-bond donors (Lipinski definition) is 1. The molecule has 42 heavy (non-hydrogen) atoms. The minimum Gasteiger partial charge on any atom is -0.495 e. The molecule has 3 aromatic carbocycles. The van der Waals surface area contributed by atoms with Crippen molar-refractivity contribution in [3.8, 4) is 5.75 Å². The normalized spacial score (nSPS) is 11.9. The number of methoxy groups -OCH3 is 1. The Labute approximate surface area is 258 Å². The molecule has 0 aliphatic carbocycles. The van der Waals surface area contributed by atoms with Crippen molar-refractivity contribution in [3.05, 3.63) is 94.0 Å². The molecule has 0 radical (unpaired) electrons. The highest BCUT2D eigenvalue weighted by molar-refractivity contribution is 7.92. The van der Waals surface area contributed by atoms with Gasteiger partial charge in [-0.05, 0) is 54.3 Å². The molecule has 8 nitrogen and oxygen atoms in total. The predicted octanol–water partition coefficient (Wildman–Crippen LogP) is 5.71. The number of carbonyl (C=O) groups is 2. The average Bonchev–Trinajstić information content (AvgIpc) is 2.95. The number of benzene rings is 3. The molecule has 3 aromatic rings. The Morgan fingerprint density at radius 1 is 0.976 bits per heavy atom.